The number of anilines is 3. The van der Waals surface area contributed by atoms with Crippen LogP contribution in [0, 0.1) is 13.8 Å². The average molecular weight is 433 g/mol. The summed E-state index contributed by atoms with van der Waals surface area (Å²) < 4.78 is 5.59. The Hall–Kier alpha value is -3.91. The Balaban J connectivity index is 1.38. The predicted molar refractivity (Wildman–Crippen MR) is 123 cm³/mol. The van der Waals surface area contributed by atoms with Crippen LogP contribution in [-0.4, -0.2) is 16.9 Å². The van der Waals surface area contributed by atoms with Crippen LogP contribution < -0.4 is 16.0 Å². The van der Waals surface area contributed by atoms with E-state index in [-0.39, 0.29) is 11.9 Å². The van der Waals surface area contributed by atoms with Crippen LogP contribution in [-0.2, 0) is 0 Å². The van der Waals surface area contributed by atoms with E-state index in [1.54, 1.807) is 43.3 Å². The lowest BCUT2D eigenvalue weighted by Gasteiger charge is -2.09. The minimum Gasteiger partial charge on any atom is -0.459 e. The van der Waals surface area contributed by atoms with Crippen LogP contribution in [0.2, 0.25) is 0 Å². The number of urea groups is 1. The Bertz CT molecular complexity index is 1210. The fourth-order valence-electron chi connectivity index (χ4n) is 2.90. The first-order valence-electron chi connectivity index (χ1n) is 9.56. The van der Waals surface area contributed by atoms with E-state index in [4.69, 9.17) is 4.42 Å². The third kappa shape index (κ3) is 4.99. The molecule has 0 fully saturated rings. The van der Waals surface area contributed by atoms with E-state index in [0.717, 1.165) is 5.76 Å². The molecule has 0 aliphatic heterocycles. The number of furan rings is 1. The van der Waals surface area contributed by atoms with E-state index < -0.39 is 0 Å². The minimum atomic E-state index is -0.344. The van der Waals surface area contributed by atoms with Crippen LogP contribution in [0.5, 0.6) is 0 Å². The van der Waals surface area contributed by atoms with Gasteiger partial charge in [-0.1, -0.05) is 18.2 Å². The van der Waals surface area contributed by atoms with Gasteiger partial charge in [-0.2, -0.15) is 0 Å². The van der Waals surface area contributed by atoms with Gasteiger partial charge >= 0.3 is 6.03 Å². The molecule has 4 rings (SSSR count). The molecule has 4 aromatic rings. The maximum atomic E-state index is 12.7. The van der Waals surface area contributed by atoms with E-state index in [0.29, 0.717) is 38.4 Å². The molecule has 7 nitrogen and oxygen atoms in total. The van der Waals surface area contributed by atoms with Gasteiger partial charge in [0.1, 0.15) is 10.6 Å². The summed E-state index contributed by atoms with van der Waals surface area (Å²) in [4.78, 5) is 29.8. The van der Waals surface area contributed by atoms with Crippen molar-refractivity contribution in [1.82, 2.24) is 4.98 Å². The summed E-state index contributed by atoms with van der Waals surface area (Å²) in [7, 11) is 0. The van der Waals surface area contributed by atoms with Crippen molar-refractivity contribution in [2.45, 2.75) is 13.8 Å². The van der Waals surface area contributed by atoms with Crippen LogP contribution in [0.25, 0.3) is 10.8 Å². The van der Waals surface area contributed by atoms with Crippen LogP contribution >= 0.6 is 11.3 Å². The SMILES string of the molecule is Cc1ccc(-c2nc(C)c(C(=O)Nc3ccc(NC(=O)Nc4ccccc4)cc3)s2)o1. The predicted octanol–water partition coefficient (Wildman–Crippen LogP) is 5.92. The lowest BCUT2D eigenvalue weighted by molar-refractivity contribution is 0.102. The molecule has 0 saturated heterocycles. The maximum absolute atomic E-state index is 12.7. The number of thiazole rings is 1. The highest BCUT2D eigenvalue weighted by molar-refractivity contribution is 7.17. The summed E-state index contributed by atoms with van der Waals surface area (Å²) in [5.74, 6) is 1.20. The van der Waals surface area contributed by atoms with Crippen molar-refractivity contribution in [2.24, 2.45) is 0 Å². The van der Waals surface area contributed by atoms with Gasteiger partial charge in [-0.3, -0.25) is 4.79 Å². The van der Waals surface area contributed by atoms with E-state index in [9.17, 15) is 9.59 Å². The minimum absolute atomic E-state index is 0.243. The average Bonchev–Trinajstić information content (AvgIpc) is 3.36. The van der Waals surface area contributed by atoms with Crippen molar-refractivity contribution in [2.75, 3.05) is 16.0 Å². The summed E-state index contributed by atoms with van der Waals surface area (Å²) in [5.41, 5.74) is 2.56. The highest BCUT2D eigenvalue weighted by Crippen LogP contribution is 2.30. The third-order valence-corrected chi connectivity index (χ3v) is 5.56. The molecule has 0 unspecified atom stereocenters. The normalized spacial score (nSPS) is 10.5. The Labute approximate surface area is 183 Å². The van der Waals surface area contributed by atoms with Gasteiger partial charge in [0.05, 0.1) is 5.69 Å². The van der Waals surface area contributed by atoms with Crippen molar-refractivity contribution in [3.63, 3.8) is 0 Å². The molecule has 0 bridgehead atoms. The number of carbonyl (C=O) groups is 2. The van der Waals surface area contributed by atoms with E-state index in [2.05, 4.69) is 20.9 Å². The Morgan fingerprint density at radius 3 is 2.03 bits per heavy atom. The molecule has 0 aliphatic carbocycles. The second-order valence-corrected chi connectivity index (χ2v) is 7.82. The first kappa shape index (κ1) is 20.4. The van der Waals surface area contributed by atoms with Crippen LogP contribution in [0.4, 0.5) is 21.9 Å². The molecule has 0 aliphatic rings. The lowest BCUT2D eigenvalue weighted by atomic mass is 10.2. The van der Waals surface area contributed by atoms with Crippen LogP contribution in [0.1, 0.15) is 21.1 Å². The van der Waals surface area contributed by atoms with Gasteiger partial charge in [0.25, 0.3) is 5.91 Å². The number of hydrogen-bond donors (Lipinski definition) is 3. The van der Waals surface area contributed by atoms with E-state index in [1.165, 1.54) is 11.3 Å². The number of para-hydroxylation sites is 1. The number of aryl methyl sites for hydroxylation is 2. The van der Waals surface area contributed by atoms with Gasteiger partial charge < -0.3 is 20.4 Å². The molecule has 0 spiro atoms. The van der Waals surface area contributed by atoms with Crippen molar-refractivity contribution in [3.8, 4) is 10.8 Å². The molecule has 2 aromatic heterocycles. The van der Waals surface area contributed by atoms with E-state index >= 15 is 0 Å². The first-order chi connectivity index (χ1) is 15.0. The summed E-state index contributed by atoms with van der Waals surface area (Å²) in [5, 5.41) is 9.03. The number of aromatic nitrogens is 1. The van der Waals surface area contributed by atoms with Gasteiger partial charge in [-0.25, -0.2) is 9.78 Å². The van der Waals surface area contributed by atoms with Gasteiger partial charge in [0.2, 0.25) is 0 Å². The van der Waals surface area contributed by atoms with Crippen LogP contribution in [0.15, 0.2) is 71.1 Å². The maximum Gasteiger partial charge on any atom is 0.323 e. The number of hydrogen-bond acceptors (Lipinski definition) is 5. The zero-order valence-corrected chi connectivity index (χ0v) is 17.7. The Morgan fingerprint density at radius 1 is 0.806 bits per heavy atom. The van der Waals surface area contributed by atoms with Gasteiger partial charge in [-0.15, -0.1) is 11.3 Å². The largest absolute Gasteiger partial charge is 0.459 e. The smallest absolute Gasteiger partial charge is 0.323 e. The topological polar surface area (TPSA) is 96.3 Å². The van der Waals surface area contributed by atoms with Crippen LogP contribution in [0.3, 0.4) is 0 Å². The quantitative estimate of drug-likeness (QED) is 0.365. The monoisotopic (exact) mass is 432 g/mol. The highest BCUT2D eigenvalue weighted by Gasteiger charge is 2.18. The van der Waals surface area contributed by atoms with Gasteiger partial charge in [-0.05, 0) is 62.4 Å². The molecule has 0 atom stereocenters. The Kier molecular flexibility index (Phi) is 5.81. The molecule has 8 heteroatoms. The highest BCUT2D eigenvalue weighted by atomic mass is 32.1. The molecule has 3 N–H and O–H groups in total. The fourth-order valence-corrected chi connectivity index (χ4v) is 3.82. The van der Waals surface area contributed by atoms with Crippen molar-refractivity contribution in [3.05, 3.63) is 83.1 Å². The van der Waals surface area contributed by atoms with Crippen molar-refractivity contribution >= 4 is 40.3 Å². The Morgan fingerprint density at radius 2 is 1.42 bits per heavy atom. The van der Waals surface area contributed by atoms with Gasteiger partial charge in [0.15, 0.2) is 10.8 Å². The number of rotatable bonds is 5. The summed E-state index contributed by atoms with van der Waals surface area (Å²) in [6.07, 6.45) is 0. The van der Waals surface area contributed by atoms with Crippen molar-refractivity contribution in [1.29, 1.82) is 0 Å². The molecule has 0 radical (unpaired) electrons. The standard InChI is InChI=1S/C23H20N4O3S/c1-14-8-13-19(30-14)22-24-15(2)20(31-22)21(28)25-17-9-11-18(12-10-17)27-23(29)26-16-6-4-3-5-7-16/h3-13H,1-2H3,(H,25,28)(H2,26,27,29). The second kappa shape index (κ2) is 8.85. The zero-order valence-electron chi connectivity index (χ0n) is 16.9. The fraction of sp³-hybridized carbons (Fsp3) is 0.0870. The van der Waals surface area contributed by atoms with E-state index in [1.807, 2.05) is 37.3 Å². The molecule has 0 saturated carbocycles. The van der Waals surface area contributed by atoms with Gasteiger partial charge in [0, 0.05) is 17.1 Å². The third-order valence-electron chi connectivity index (χ3n) is 4.39. The molecule has 3 amide bonds. The molecular weight excluding hydrogens is 412 g/mol. The number of nitrogens with one attached hydrogen (secondary N) is 3. The zero-order chi connectivity index (χ0) is 21.8. The first-order valence-corrected chi connectivity index (χ1v) is 10.4. The summed E-state index contributed by atoms with van der Waals surface area (Å²) in [6.45, 7) is 3.66. The summed E-state index contributed by atoms with van der Waals surface area (Å²) in [6, 6.07) is 19.4. The molecular formula is C23H20N4O3S. The number of amides is 3. The molecule has 2 heterocycles. The number of carbonyl (C=O) groups excluding carboxylic acids is 2. The molecule has 156 valence electrons. The number of benzene rings is 2. The summed E-state index contributed by atoms with van der Waals surface area (Å²) >= 11 is 1.28. The van der Waals surface area contributed by atoms with Crippen molar-refractivity contribution < 1.29 is 14.0 Å². The molecule has 31 heavy (non-hydrogen) atoms. The molecule has 2 aromatic carbocycles. The lowest BCUT2D eigenvalue weighted by Crippen LogP contribution is -2.19. The number of nitrogens with zero attached hydrogens (tertiary/aromatic N) is 1. The second-order valence-electron chi connectivity index (χ2n) is 6.82.